The number of fused-ring (bicyclic) bond motifs is 1. The number of benzene rings is 2. The van der Waals surface area contributed by atoms with E-state index in [2.05, 4.69) is 60.7 Å². The molecule has 1 aliphatic carbocycles. The van der Waals surface area contributed by atoms with Gasteiger partial charge in [-0.25, -0.2) is 4.98 Å². The highest BCUT2D eigenvalue weighted by molar-refractivity contribution is 5.73. The van der Waals surface area contributed by atoms with Gasteiger partial charge in [0.1, 0.15) is 0 Å². The van der Waals surface area contributed by atoms with Crippen LogP contribution in [0.4, 0.5) is 0 Å². The monoisotopic (exact) mass is 329 g/mol. The van der Waals surface area contributed by atoms with Crippen molar-refractivity contribution in [1.82, 2.24) is 4.98 Å². The lowest BCUT2D eigenvalue weighted by Gasteiger charge is -2.21. The van der Waals surface area contributed by atoms with E-state index in [1.807, 2.05) is 0 Å². The van der Waals surface area contributed by atoms with E-state index in [0.29, 0.717) is 6.61 Å². The van der Waals surface area contributed by atoms with Gasteiger partial charge in [-0.2, -0.15) is 0 Å². The molecule has 1 aromatic heterocycles. The van der Waals surface area contributed by atoms with Gasteiger partial charge in [0.25, 0.3) is 0 Å². The molecule has 1 aliphatic rings. The molecule has 2 heteroatoms. The molecule has 0 fully saturated rings. The van der Waals surface area contributed by atoms with E-state index in [4.69, 9.17) is 9.72 Å². The molecule has 0 saturated heterocycles. The van der Waals surface area contributed by atoms with Crippen LogP contribution in [0.3, 0.4) is 0 Å². The normalized spacial score (nSPS) is 13.5. The van der Waals surface area contributed by atoms with Gasteiger partial charge in [0.05, 0.1) is 18.0 Å². The van der Waals surface area contributed by atoms with Gasteiger partial charge in [0.15, 0.2) is 0 Å². The highest BCUT2D eigenvalue weighted by Crippen LogP contribution is 2.35. The molecule has 1 heterocycles. The summed E-state index contributed by atoms with van der Waals surface area (Å²) in [6, 6.07) is 21.3. The predicted molar refractivity (Wildman–Crippen MR) is 102 cm³/mol. The fraction of sp³-hybridized carbons (Fsp3) is 0.261. The standard InChI is InChI=1S/C23H23NO/c1-25-16-19-12-6-8-14-21(19)23-20-13-7-5-11-18(20)15-22(24-23)17-9-3-2-4-10-17/h2-4,6,8-10,12,14-15H,5,7,11,13,16H2,1H3. The van der Waals surface area contributed by atoms with Gasteiger partial charge < -0.3 is 4.74 Å². The summed E-state index contributed by atoms with van der Waals surface area (Å²) >= 11 is 0. The Balaban J connectivity index is 1.92. The lowest BCUT2D eigenvalue weighted by Crippen LogP contribution is -2.08. The van der Waals surface area contributed by atoms with Crippen molar-refractivity contribution in [3.05, 3.63) is 77.4 Å². The Morgan fingerprint density at radius 2 is 1.68 bits per heavy atom. The molecule has 0 radical (unpaired) electrons. The van der Waals surface area contributed by atoms with E-state index in [-0.39, 0.29) is 0 Å². The van der Waals surface area contributed by atoms with E-state index in [0.717, 1.165) is 24.2 Å². The summed E-state index contributed by atoms with van der Waals surface area (Å²) < 4.78 is 5.42. The quantitative estimate of drug-likeness (QED) is 0.636. The largest absolute Gasteiger partial charge is 0.380 e. The Hall–Kier alpha value is -2.45. The summed E-state index contributed by atoms with van der Waals surface area (Å²) in [7, 11) is 1.75. The number of hydrogen-bond donors (Lipinski definition) is 0. The van der Waals surface area contributed by atoms with Crippen LogP contribution in [0.25, 0.3) is 22.5 Å². The van der Waals surface area contributed by atoms with E-state index in [1.54, 1.807) is 7.11 Å². The first-order valence-corrected chi connectivity index (χ1v) is 9.02. The van der Waals surface area contributed by atoms with Crippen LogP contribution in [0, 0.1) is 0 Å². The Labute approximate surface area is 149 Å². The first-order valence-electron chi connectivity index (χ1n) is 9.02. The maximum absolute atomic E-state index is 5.42. The number of aryl methyl sites for hydroxylation is 1. The number of aromatic nitrogens is 1. The van der Waals surface area contributed by atoms with Crippen molar-refractivity contribution < 1.29 is 4.74 Å². The second kappa shape index (κ2) is 7.20. The summed E-state index contributed by atoms with van der Waals surface area (Å²) in [6.45, 7) is 0.613. The van der Waals surface area contributed by atoms with Gasteiger partial charge in [-0.05, 0) is 48.4 Å². The second-order valence-electron chi connectivity index (χ2n) is 6.66. The van der Waals surface area contributed by atoms with Crippen LogP contribution in [0.5, 0.6) is 0 Å². The number of rotatable bonds is 4. The summed E-state index contributed by atoms with van der Waals surface area (Å²) in [4.78, 5) is 5.11. The minimum absolute atomic E-state index is 0.613. The zero-order valence-corrected chi connectivity index (χ0v) is 14.7. The SMILES string of the molecule is COCc1ccccc1-c1nc(-c2ccccc2)cc2c1CCCC2. The molecule has 0 unspecified atom stereocenters. The molecule has 0 amide bonds. The molecule has 2 nitrogen and oxygen atoms in total. The van der Waals surface area contributed by atoms with Crippen LogP contribution >= 0.6 is 0 Å². The third kappa shape index (κ3) is 3.22. The number of ether oxygens (including phenoxy) is 1. The van der Waals surface area contributed by atoms with E-state index in [9.17, 15) is 0 Å². The van der Waals surface area contributed by atoms with Crippen molar-refractivity contribution in [2.24, 2.45) is 0 Å². The topological polar surface area (TPSA) is 22.1 Å². The summed E-state index contributed by atoms with van der Waals surface area (Å²) in [5, 5.41) is 0. The van der Waals surface area contributed by atoms with Crippen molar-refractivity contribution in [3.8, 4) is 22.5 Å². The molecule has 0 spiro atoms. The van der Waals surface area contributed by atoms with Crippen LogP contribution in [0.1, 0.15) is 29.5 Å². The van der Waals surface area contributed by atoms with Gasteiger partial charge in [0.2, 0.25) is 0 Å². The molecule has 0 N–H and O–H groups in total. The molecule has 126 valence electrons. The van der Waals surface area contributed by atoms with Crippen molar-refractivity contribution in [1.29, 1.82) is 0 Å². The fourth-order valence-corrected chi connectivity index (χ4v) is 3.76. The molecule has 0 atom stereocenters. The van der Waals surface area contributed by atoms with Crippen LogP contribution in [-0.2, 0) is 24.2 Å². The smallest absolute Gasteiger partial charge is 0.0747 e. The van der Waals surface area contributed by atoms with Crippen LogP contribution in [0.15, 0.2) is 60.7 Å². The van der Waals surface area contributed by atoms with Gasteiger partial charge >= 0.3 is 0 Å². The average Bonchev–Trinajstić information content (AvgIpc) is 2.68. The Kier molecular flexibility index (Phi) is 4.62. The Morgan fingerprint density at radius 3 is 2.52 bits per heavy atom. The minimum Gasteiger partial charge on any atom is -0.380 e. The molecule has 3 aromatic rings. The summed E-state index contributed by atoms with van der Waals surface area (Å²) in [6.07, 6.45) is 4.79. The van der Waals surface area contributed by atoms with Crippen molar-refractivity contribution >= 4 is 0 Å². The second-order valence-corrected chi connectivity index (χ2v) is 6.66. The molecule has 2 aromatic carbocycles. The molecule has 4 rings (SSSR count). The number of hydrogen-bond acceptors (Lipinski definition) is 2. The molecular formula is C23H23NO. The summed E-state index contributed by atoms with van der Waals surface area (Å²) in [5.74, 6) is 0. The van der Waals surface area contributed by atoms with Crippen LogP contribution < -0.4 is 0 Å². The van der Waals surface area contributed by atoms with E-state index in [1.165, 1.54) is 40.7 Å². The van der Waals surface area contributed by atoms with E-state index >= 15 is 0 Å². The third-order valence-corrected chi connectivity index (χ3v) is 4.98. The van der Waals surface area contributed by atoms with Crippen molar-refractivity contribution in [2.75, 3.05) is 7.11 Å². The lowest BCUT2D eigenvalue weighted by molar-refractivity contribution is 0.185. The van der Waals surface area contributed by atoms with E-state index < -0.39 is 0 Å². The molecule has 0 bridgehead atoms. The van der Waals surface area contributed by atoms with Crippen LogP contribution in [0.2, 0.25) is 0 Å². The fourth-order valence-electron chi connectivity index (χ4n) is 3.76. The first-order chi connectivity index (χ1) is 12.4. The van der Waals surface area contributed by atoms with Crippen LogP contribution in [-0.4, -0.2) is 12.1 Å². The molecular weight excluding hydrogens is 306 g/mol. The maximum Gasteiger partial charge on any atom is 0.0747 e. The van der Waals surface area contributed by atoms with Crippen molar-refractivity contribution in [3.63, 3.8) is 0 Å². The number of pyridine rings is 1. The zero-order valence-electron chi connectivity index (χ0n) is 14.7. The Bertz CT molecular complexity index is 871. The van der Waals surface area contributed by atoms with Gasteiger partial charge in [-0.1, -0.05) is 54.6 Å². The van der Waals surface area contributed by atoms with Gasteiger partial charge in [-0.3, -0.25) is 0 Å². The molecule has 0 aliphatic heterocycles. The highest BCUT2D eigenvalue weighted by Gasteiger charge is 2.19. The number of nitrogens with zero attached hydrogens (tertiary/aromatic N) is 1. The minimum atomic E-state index is 0.613. The first kappa shape index (κ1) is 16.0. The predicted octanol–water partition coefficient (Wildman–Crippen LogP) is 5.44. The lowest BCUT2D eigenvalue weighted by atomic mass is 9.87. The highest BCUT2D eigenvalue weighted by atomic mass is 16.5. The molecule has 25 heavy (non-hydrogen) atoms. The summed E-state index contributed by atoms with van der Waals surface area (Å²) in [5.41, 5.74) is 8.70. The average molecular weight is 329 g/mol. The van der Waals surface area contributed by atoms with Crippen molar-refractivity contribution in [2.45, 2.75) is 32.3 Å². The molecule has 0 saturated carbocycles. The third-order valence-electron chi connectivity index (χ3n) is 4.98. The Morgan fingerprint density at radius 1 is 0.920 bits per heavy atom. The number of methoxy groups -OCH3 is 1. The maximum atomic E-state index is 5.42. The zero-order chi connectivity index (χ0) is 17.1. The van der Waals surface area contributed by atoms with Gasteiger partial charge in [0, 0.05) is 18.2 Å². The van der Waals surface area contributed by atoms with Gasteiger partial charge in [-0.15, -0.1) is 0 Å².